The number of hydrogen-bond donors (Lipinski definition) is 3. The second kappa shape index (κ2) is 6.10. The lowest BCUT2D eigenvalue weighted by molar-refractivity contribution is 0.0507. The lowest BCUT2D eigenvalue weighted by Gasteiger charge is -2.32. The van der Waals surface area contributed by atoms with Gasteiger partial charge in [0.1, 0.15) is 5.60 Å². The fourth-order valence-electron chi connectivity index (χ4n) is 2.42. The molecule has 1 aromatic rings. The van der Waals surface area contributed by atoms with Crippen LogP contribution in [0.3, 0.4) is 0 Å². The van der Waals surface area contributed by atoms with E-state index in [1.165, 1.54) is 12.8 Å². The number of ether oxygens (including phenoxy) is 1. The molecule has 1 fully saturated rings. The van der Waals surface area contributed by atoms with E-state index >= 15 is 0 Å². The highest BCUT2D eigenvalue weighted by Crippen LogP contribution is 2.39. The summed E-state index contributed by atoms with van der Waals surface area (Å²) >= 11 is 0. The number of nitrogens with one attached hydrogen (secondary N) is 3. The Kier molecular flexibility index (Phi) is 4.61. The van der Waals surface area contributed by atoms with E-state index in [1.807, 2.05) is 33.0 Å². The zero-order valence-corrected chi connectivity index (χ0v) is 13.5. The molecule has 0 aliphatic heterocycles. The molecule has 1 amide bonds. The van der Waals surface area contributed by atoms with Crippen LogP contribution in [0.2, 0.25) is 0 Å². The quantitative estimate of drug-likeness (QED) is 0.755. The first kappa shape index (κ1) is 15.9. The highest BCUT2D eigenvalue weighted by molar-refractivity contribution is 5.67. The van der Waals surface area contributed by atoms with E-state index in [-0.39, 0.29) is 11.6 Å². The maximum atomic E-state index is 11.8. The van der Waals surface area contributed by atoms with Gasteiger partial charge in [-0.3, -0.25) is 0 Å². The summed E-state index contributed by atoms with van der Waals surface area (Å²) in [7, 11) is 0. The summed E-state index contributed by atoms with van der Waals surface area (Å²) in [6.07, 6.45) is 4.00. The van der Waals surface area contributed by atoms with Gasteiger partial charge in [0.15, 0.2) is 0 Å². The van der Waals surface area contributed by atoms with Crippen LogP contribution in [0, 0.1) is 5.92 Å². The van der Waals surface area contributed by atoms with E-state index in [1.54, 1.807) is 0 Å². The van der Waals surface area contributed by atoms with Crippen molar-refractivity contribution in [3.05, 3.63) is 24.0 Å². The van der Waals surface area contributed by atoms with Gasteiger partial charge in [0.2, 0.25) is 0 Å². The Morgan fingerprint density at radius 2 is 2.10 bits per heavy atom. The molecule has 1 aliphatic rings. The molecule has 1 unspecified atom stereocenters. The van der Waals surface area contributed by atoms with E-state index in [9.17, 15) is 4.79 Å². The Balaban J connectivity index is 1.84. The molecule has 1 aromatic heterocycles. The minimum Gasteiger partial charge on any atom is -0.444 e. The van der Waals surface area contributed by atoms with Gasteiger partial charge in [0.25, 0.3) is 0 Å². The maximum absolute atomic E-state index is 11.8. The fourth-order valence-corrected chi connectivity index (χ4v) is 2.42. The molecule has 5 nitrogen and oxygen atoms in total. The van der Waals surface area contributed by atoms with Gasteiger partial charge in [-0.25, -0.2) is 4.79 Å². The number of carbonyl (C=O) groups excluding carboxylic acids is 1. The van der Waals surface area contributed by atoms with Crippen molar-refractivity contribution in [2.24, 2.45) is 5.92 Å². The van der Waals surface area contributed by atoms with Gasteiger partial charge >= 0.3 is 6.09 Å². The van der Waals surface area contributed by atoms with Crippen LogP contribution in [0.25, 0.3) is 0 Å². The number of amides is 1. The molecule has 118 valence electrons. The third kappa shape index (κ3) is 5.08. The van der Waals surface area contributed by atoms with Crippen molar-refractivity contribution in [3.8, 4) is 0 Å². The second-order valence-electron chi connectivity index (χ2n) is 7.10. The van der Waals surface area contributed by atoms with Crippen LogP contribution in [0.5, 0.6) is 0 Å². The minimum atomic E-state index is -0.461. The van der Waals surface area contributed by atoms with Crippen molar-refractivity contribution >= 4 is 6.09 Å². The molecule has 21 heavy (non-hydrogen) atoms. The molecule has 3 N–H and O–H groups in total. The summed E-state index contributed by atoms with van der Waals surface area (Å²) in [4.78, 5) is 15.0. The summed E-state index contributed by atoms with van der Waals surface area (Å²) < 4.78 is 5.30. The zero-order valence-electron chi connectivity index (χ0n) is 13.5. The van der Waals surface area contributed by atoms with Gasteiger partial charge in [0.05, 0.1) is 0 Å². The molecule has 1 saturated carbocycles. The highest BCUT2D eigenvalue weighted by Gasteiger charge is 2.41. The van der Waals surface area contributed by atoms with Crippen molar-refractivity contribution in [3.63, 3.8) is 0 Å². The third-order valence-corrected chi connectivity index (χ3v) is 3.82. The average Bonchev–Trinajstić information content (AvgIpc) is 3.10. The molecule has 2 rings (SSSR count). The summed E-state index contributed by atoms with van der Waals surface area (Å²) in [5.74, 6) is 0.613. The van der Waals surface area contributed by atoms with Crippen LogP contribution >= 0.6 is 0 Å². The predicted molar refractivity (Wildman–Crippen MR) is 83.0 cm³/mol. The van der Waals surface area contributed by atoms with Crippen LogP contribution in [0.4, 0.5) is 4.79 Å². The SMILES string of the molecule is CC(C)(C)OC(=O)NCC(C)(NCc1ccc[nH]1)C1CC1. The van der Waals surface area contributed by atoms with E-state index in [4.69, 9.17) is 4.74 Å². The first-order chi connectivity index (χ1) is 9.78. The number of carbonyl (C=O) groups is 1. The Morgan fingerprint density at radius 3 is 2.62 bits per heavy atom. The monoisotopic (exact) mass is 293 g/mol. The number of rotatable bonds is 6. The molecule has 0 saturated heterocycles. The summed E-state index contributed by atoms with van der Waals surface area (Å²) in [6, 6.07) is 4.05. The van der Waals surface area contributed by atoms with Crippen LogP contribution in [-0.4, -0.2) is 28.8 Å². The fraction of sp³-hybridized carbons (Fsp3) is 0.688. The Morgan fingerprint density at radius 1 is 1.38 bits per heavy atom. The molecule has 0 aromatic carbocycles. The Bertz CT molecular complexity index is 460. The molecule has 1 heterocycles. The predicted octanol–water partition coefficient (Wildman–Crippen LogP) is 2.80. The first-order valence-electron chi connectivity index (χ1n) is 7.63. The topological polar surface area (TPSA) is 66.2 Å². The zero-order chi connectivity index (χ0) is 15.5. The molecule has 0 spiro atoms. The minimum absolute atomic E-state index is 0.0952. The van der Waals surface area contributed by atoms with Crippen molar-refractivity contribution in [1.82, 2.24) is 15.6 Å². The molecular formula is C16H27N3O2. The molecular weight excluding hydrogens is 266 g/mol. The average molecular weight is 293 g/mol. The van der Waals surface area contributed by atoms with E-state index in [2.05, 4.69) is 28.6 Å². The van der Waals surface area contributed by atoms with Crippen molar-refractivity contribution in [2.45, 2.75) is 58.2 Å². The summed E-state index contributed by atoms with van der Waals surface area (Å²) in [6.45, 7) is 9.14. The number of hydrogen-bond acceptors (Lipinski definition) is 3. The first-order valence-corrected chi connectivity index (χ1v) is 7.63. The summed E-state index contributed by atoms with van der Waals surface area (Å²) in [5.41, 5.74) is 0.596. The van der Waals surface area contributed by atoms with Gasteiger partial charge in [0, 0.05) is 30.5 Å². The second-order valence-corrected chi connectivity index (χ2v) is 7.10. The standard InChI is InChI=1S/C16H27N3O2/c1-15(2,3)21-14(20)18-11-16(4,12-7-8-12)19-10-13-6-5-9-17-13/h5-6,9,12,17,19H,7-8,10-11H2,1-4H3,(H,18,20). The van der Waals surface area contributed by atoms with Crippen molar-refractivity contribution in [1.29, 1.82) is 0 Å². The largest absolute Gasteiger partial charge is 0.444 e. The van der Waals surface area contributed by atoms with Crippen molar-refractivity contribution < 1.29 is 9.53 Å². The van der Waals surface area contributed by atoms with E-state index < -0.39 is 5.60 Å². The van der Waals surface area contributed by atoms with Crippen LogP contribution in [0.1, 0.15) is 46.2 Å². The van der Waals surface area contributed by atoms with Crippen LogP contribution in [-0.2, 0) is 11.3 Å². The maximum Gasteiger partial charge on any atom is 0.407 e. The van der Waals surface area contributed by atoms with Gasteiger partial charge in [-0.05, 0) is 58.6 Å². The number of H-pyrrole nitrogens is 1. The molecule has 0 radical (unpaired) electrons. The highest BCUT2D eigenvalue weighted by atomic mass is 16.6. The van der Waals surface area contributed by atoms with Gasteiger partial charge < -0.3 is 20.4 Å². The van der Waals surface area contributed by atoms with Crippen molar-refractivity contribution in [2.75, 3.05) is 6.54 Å². The lowest BCUT2D eigenvalue weighted by atomic mass is 9.95. The summed E-state index contributed by atoms with van der Waals surface area (Å²) in [5, 5.41) is 6.47. The molecule has 1 aliphatic carbocycles. The molecule has 5 heteroatoms. The number of aromatic amines is 1. The molecule has 1 atom stereocenters. The van der Waals surface area contributed by atoms with Gasteiger partial charge in [-0.1, -0.05) is 0 Å². The number of alkyl carbamates (subject to hydrolysis) is 1. The third-order valence-electron chi connectivity index (χ3n) is 3.82. The van der Waals surface area contributed by atoms with Gasteiger partial charge in [-0.2, -0.15) is 0 Å². The van der Waals surface area contributed by atoms with Crippen LogP contribution in [0.15, 0.2) is 18.3 Å². The van der Waals surface area contributed by atoms with Crippen LogP contribution < -0.4 is 10.6 Å². The van der Waals surface area contributed by atoms with E-state index in [0.717, 1.165) is 12.2 Å². The smallest absolute Gasteiger partial charge is 0.407 e. The molecule has 0 bridgehead atoms. The normalized spacial score (nSPS) is 18.1. The Hall–Kier alpha value is -1.49. The number of aromatic nitrogens is 1. The van der Waals surface area contributed by atoms with E-state index in [0.29, 0.717) is 12.5 Å². The Labute approximate surface area is 126 Å². The lowest BCUT2D eigenvalue weighted by Crippen LogP contribution is -2.53. The van der Waals surface area contributed by atoms with Gasteiger partial charge in [-0.15, -0.1) is 0 Å².